The summed E-state index contributed by atoms with van der Waals surface area (Å²) in [5.41, 5.74) is 5.81. The predicted octanol–water partition coefficient (Wildman–Crippen LogP) is 5.14. The fourth-order valence-electron chi connectivity index (χ4n) is 3.46. The molecule has 0 spiro atoms. The molecule has 5 heteroatoms. The van der Waals surface area contributed by atoms with E-state index in [1.54, 1.807) is 12.3 Å². The van der Waals surface area contributed by atoms with Crippen LogP contribution in [0.5, 0.6) is 0 Å². The molecule has 148 valence electrons. The van der Waals surface area contributed by atoms with E-state index in [0.717, 1.165) is 44.7 Å². The first kappa shape index (κ1) is 20.4. The molecule has 0 unspecified atom stereocenters. The largest absolute Gasteiger partial charge is 0.273 e. The predicted molar refractivity (Wildman–Crippen MR) is 119 cm³/mol. The molecule has 2 aromatic heterocycles. The Kier molecular flexibility index (Phi) is 6.17. The summed E-state index contributed by atoms with van der Waals surface area (Å²) in [6.07, 6.45) is 6.75. The lowest BCUT2D eigenvalue weighted by Gasteiger charge is -2.19. The third kappa shape index (κ3) is 4.57. The molecule has 0 saturated carbocycles. The monoisotopic (exact) mass is 386 g/mol. The van der Waals surface area contributed by atoms with Gasteiger partial charge in [0.05, 0.1) is 11.4 Å². The number of amides is 1. The van der Waals surface area contributed by atoms with Gasteiger partial charge in [-0.05, 0) is 61.5 Å². The second-order valence-electron chi connectivity index (χ2n) is 7.20. The molecule has 0 saturated heterocycles. The summed E-state index contributed by atoms with van der Waals surface area (Å²) in [4.78, 5) is 21.3. The van der Waals surface area contributed by atoms with Crippen molar-refractivity contribution in [1.29, 1.82) is 0 Å². The van der Waals surface area contributed by atoms with Crippen LogP contribution < -0.4 is 5.01 Å². The van der Waals surface area contributed by atoms with Gasteiger partial charge >= 0.3 is 0 Å². The summed E-state index contributed by atoms with van der Waals surface area (Å²) in [6.45, 7) is 11.2. The Balaban J connectivity index is 2.08. The number of allylic oxidation sites excluding steroid dienone is 1. The number of aryl methyl sites for hydroxylation is 2. The standard InChI is InChI=1S/C24H26N4O/c1-6-8-17(3)27-28(19(5)29)22-13-16(2)24-21(14-22)10-12-26-23(24)15-20-9-7-11-25-18(20)4/h6-7,9-14H,1,8,15H2,2-5H3/b27-17+. The summed E-state index contributed by atoms with van der Waals surface area (Å²) >= 11 is 0. The van der Waals surface area contributed by atoms with E-state index in [-0.39, 0.29) is 5.91 Å². The van der Waals surface area contributed by atoms with Crippen LogP contribution in [0.15, 0.2) is 60.5 Å². The lowest BCUT2D eigenvalue weighted by Crippen LogP contribution is -2.23. The maximum absolute atomic E-state index is 12.3. The van der Waals surface area contributed by atoms with Gasteiger partial charge in [0.2, 0.25) is 5.91 Å². The van der Waals surface area contributed by atoms with E-state index in [0.29, 0.717) is 12.8 Å². The highest BCUT2D eigenvalue weighted by molar-refractivity contribution is 5.98. The van der Waals surface area contributed by atoms with E-state index >= 15 is 0 Å². The Morgan fingerprint density at radius 1 is 1.17 bits per heavy atom. The summed E-state index contributed by atoms with van der Waals surface area (Å²) < 4.78 is 0. The van der Waals surface area contributed by atoms with Crippen LogP contribution in [0.25, 0.3) is 10.8 Å². The number of anilines is 1. The second-order valence-corrected chi connectivity index (χ2v) is 7.20. The number of hydrogen-bond donors (Lipinski definition) is 0. The fourth-order valence-corrected chi connectivity index (χ4v) is 3.46. The minimum Gasteiger partial charge on any atom is -0.273 e. The maximum Gasteiger partial charge on any atom is 0.244 e. The molecule has 0 bridgehead atoms. The minimum absolute atomic E-state index is 0.132. The number of fused-ring (bicyclic) bond motifs is 1. The van der Waals surface area contributed by atoms with E-state index in [1.807, 2.05) is 51.2 Å². The van der Waals surface area contributed by atoms with Gasteiger partial charge in [-0.3, -0.25) is 14.8 Å². The smallest absolute Gasteiger partial charge is 0.244 e. The van der Waals surface area contributed by atoms with Gasteiger partial charge in [-0.1, -0.05) is 12.1 Å². The van der Waals surface area contributed by atoms with Crippen LogP contribution in [0.2, 0.25) is 0 Å². The molecular weight excluding hydrogens is 360 g/mol. The topological polar surface area (TPSA) is 58.5 Å². The van der Waals surface area contributed by atoms with E-state index in [2.05, 4.69) is 27.7 Å². The summed E-state index contributed by atoms with van der Waals surface area (Å²) in [5.74, 6) is -0.132. The first-order valence-electron chi connectivity index (χ1n) is 9.65. The van der Waals surface area contributed by atoms with Crippen molar-refractivity contribution in [3.63, 3.8) is 0 Å². The zero-order valence-electron chi connectivity index (χ0n) is 17.4. The van der Waals surface area contributed by atoms with Gasteiger partial charge in [0.25, 0.3) is 0 Å². The molecule has 3 aromatic rings. The highest BCUT2D eigenvalue weighted by Crippen LogP contribution is 2.29. The number of rotatable bonds is 6. The number of carbonyl (C=O) groups is 1. The maximum atomic E-state index is 12.3. The third-order valence-corrected chi connectivity index (χ3v) is 4.85. The van der Waals surface area contributed by atoms with Crippen molar-refractivity contribution in [2.45, 2.75) is 40.5 Å². The number of pyridine rings is 2. The molecule has 1 amide bonds. The molecule has 2 heterocycles. The van der Waals surface area contributed by atoms with Crippen LogP contribution in [0.3, 0.4) is 0 Å². The molecule has 0 aliphatic rings. The lowest BCUT2D eigenvalue weighted by molar-refractivity contribution is -0.116. The highest BCUT2D eigenvalue weighted by atomic mass is 16.2. The van der Waals surface area contributed by atoms with Crippen molar-refractivity contribution >= 4 is 28.1 Å². The molecule has 0 N–H and O–H groups in total. The average Bonchev–Trinajstić information content (AvgIpc) is 2.67. The second kappa shape index (κ2) is 8.78. The van der Waals surface area contributed by atoms with E-state index in [9.17, 15) is 4.79 Å². The fraction of sp³-hybridized carbons (Fsp3) is 0.250. The quantitative estimate of drug-likeness (QED) is 0.335. The molecular formula is C24H26N4O. The number of nitrogens with zero attached hydrogens (tertiary/aromatic N) is 4. The van der Waals surface area contributed by atoms with E-state index < -0.39 is 0 Å². The summed E-state index contributed by atoms with van der Waals surface area (Å²) in [7, 11) is 0. The zero-order valence-corrected chi connectivity index (χ0v) is 17.4. The van der Waals surface area contributed by atoms with E-state index in [4.69, 9.17) is 0 Å². The first-order chi connectivity index (χ1) is 13.9. The molecule has 0 atom stereocenters. The molecule has 0 aliphatic carbocycles. The SMILES string of the molecule is C=CC/C(C)=N/N(C(C)=O)c1cc(C)c2c(Cc3cccnc3C)nccc2c1. The Morgan fingerprint density at radius 3 is 2.66 bits per heavy atom. The molecule has 3 rings (SSSR count). The van der Waals surface area contributed by atoms with E-state index in [1.165, 1.54) is 11.9 Å². The van der Waals surface area contributed by atoms with Crippen molar-refractivity contribution in [1.82, 2.24) is 9.97 Å². The van der Waals surface area contributed by atoms with Crippen LogP contribution in [0, 0.1) is 13.8 Å². The number of carbonyl (C=O) groups excluding carboxylic acids is 1. The van der Waals surface area contributed by atoms with Crippen LogP contribution in [-0.2, 0) is 11.2 Å². The van der Waals surface area contributed by atoms with Crippen molar-refractivity contribution in [3.05, 3.63) is 77.9 Å². The van der Waals surface area contributed by atoms with Gasteiger partial charge in [-0.2, -0.15) is 5.10 Å². The van der Waals surface area contributed by atoms with Gasteiger partial charge in [-0.25, -0.2) is 5.01 Å². The van der Waals surface area contributed by atoms with Crippen LogP contribution in [0.4, 0.5) is 5.69 Å². The zero-order chi connectivity index (χ0) is 21.0. The van der Waals surface area contributed by atoms with Gasteiger partial charge in [0.15, 0.2) is 0 Å². The average molecular weight is 386 g/mol. The molecule has 0 aliphatic heterocycles. The van der Waals surface area contributed by atoms with Crippen LogP contribution in [-0.4, -0.2) is 21.6 Å². The number of aromatic nitrogens is 2. The lowest BCUT2D eigenvalue weighted by atomic mass is 9.99. The van der Waals surface area contributed by atoms with Crippen LogP contribution >= 0.6 is 0 Å². The minimum atomic E-state index is -0.132. The number of hydrogen-bond acceptors (Lipinski definition) is 4. The summed E-state index contributed by atoms with van der Waals surface area (Å²) in [5, 5.41) is 8.09. The molecule has 0 fully saturated rings. The van der Waals surface area contributed by atoms with Gasteiger partial charge in [0, 0.05) is 49.0 Å². The Bertz CT molecular complexity index is 1100. The third-order valence-electron chi connectivity index (χ3n) is 4.85. The van der Waals surface area contributed by atoms with Crippen molar-refractivity contribution < 1.29 is 4.79 Å². The van der Waals surface area contributed by atoms with Crippen LogP contribution in [0.1, 0.15) is 42.8 Å². The highest BCUT2D eigenvalue weighted by Gasteiger charge is 2.15. The number of hydrazone groups is 1. The summed E-state index contributed by atoms with van der Waals surface area (Å²) in [6, 6.07) is 10.0. The Hall–Kier alpha value is -3.34. The Morgan fingerprint density at radius 2 is 1.97 bits per heavy atom. The molecule has 0 radical (unpaired) electrons. The van der Waals surface area contributed by atoms with Gasteiger partial charge < -0.3 is 0 Å². The normalized spacial score (nSPS) is 11.5. The Labute approximate surface area is 171 Å². The number of benzene rings is 1. The van der Waals surface area contributed by atoms with Gasteiger partial charge in [-0.15, -0.1) is 6.58 Å². The first-order valence-corrected chi connectivity index (χ1v) is 9.65. The molecule has 1 aromatic carbocycles. The van der Waals surface area contributed by atoms with Crippen molar-refractivity contribution in [2.24, 2.45) is 5.10 Å². The van der Waals surface area contributed by atoms with Crippen molar-refractivity contribution in [3.8, 4) is 0 Å². The molecule has 5 nitrogen and oxygen atoms in total. The molecule has 29 heavy (non-hydrogen) atoms. The van der Waals surface area contributed by atoms with Crippen molar-refractivity contribution in [2.75, 3.05) is 5.01 Å². The van der Waals surface area contributed by atoms with Gasteiger partial charge in [0.1, 0.15) is 0 Å².